The van der Waals surface area contributed by atoms with Crippen molar-refractivity contribution in [3.63, 3.8) is 0 Å². The molecule has 116 valence electrons. The van der Waals surface area contributed by atoms with Crippen molar-refractivity contribution in [1.82, 2.24) is 5.32 Å². The number of nitrogens with one attached hydrogen (secondary N) is 1. The average Bonchev–Trinajstić information content (AvgIpc) is 3.11. The summed E-state index contributed by atoms with van der Waals surface area (Å²) in [5, 5.41) is 8.15. The van der Waals surface area contributed by atoms with E-state index in [2.05, 4.69) is 64.2 Å². The molecule has 1 aromatic heterocycles. The molecule has 0 fully saturated rings. The molecule has 1 atom stereocenters. The summed E-state index contributed by atoms with van der Waals surface area (Å²) in [5.41, 5.74) is 2.45. The third-order valence-corrected chi connectivity index (χ3v) is 5.91. The van der Waals surface area contributed by atoms with Crippen LogP contribution in [0.4, 0.5) is 0 Å². The standard InChI is InChI=1S/C19H18N2S2/c22-17(15-8-3-6-13-5-1-2-7-14(13)15)18-16(9-12-23-18)19-20-10-4-11-21-19/h1-3,5-9,12,17,22H,4,10-11H2,(H,20,21). The number of amidine groups is 1. The van der Waals surface area contributed by atoms with Gasteiger partial charge in [0.1, 0.15) is 5.84 Å². The van der Waals surface area contributed by atoms with Gasteiger partial charge in [-0.15, -0.1) is 11.3 Å². The SMILES string of the molecule is SC(c1sccc1C1=NCCCN1)c1cccc2ccccc12. The Kier molecular flexibility index (Phi) is 4.10. The van der Waals surface area contributed by atoms with Gasteiger partial charge in [-0.05, 0) is 34.2 Å². The Balaban J connectivity index is 1.79. The predicted octanol–water partition coefficient (Wildman–Crippen LogP) is 4.66. The summed E-state index contributed by atoms with van der Waals surface area (Å²) in [6, 6.07) is 17.1. The van der Waals surface area contributed by atoms with Gasteiger partial charge >= 0.3 is 0 Å². The Labute approximate surface area is 145 Å². The molecule has 1 aliphatic heterocycles. The molecule has 0 saturated heterocycles. The number of hydrogen-bond donors (Lipinski definition) is 2. The molecule has 1 aliphatic rings. The summed E-state index contributed by atoms with van der Waals surface area (Å²) >= 11 is 6.73. The molecule has 0 radical (unpaired) electrons. The van der Waals surface area contributed by atoms with Crippen LogP contribution in [0.25, 0.3) is 10.8 Å². The molecular formula is C19H18N2S2. The van der Waals surface area contributed by atoms with Crippen LogP contribution >= 0.6 is 24.0 Å². The van der Waals surface area contributed by atoms with Crippen molar-refractivity contribution in [1.29, 1.82) is 0 Å². The van der Waals surface area contributed by atoms with E-state index >= 15 is 0 Å². The van der Waals surface area contributed by atoms with E-state index in [-0.39, 0.29) is 5.25 Å². The number of rotatable bonds is 3. The molecule has 1 N–H and O–H groups in total. The Bertz CT molecular complexity index is 861. The van der Waals surface area contributed by atoms with Crippen LogP contribution in [0.15, 0.2) is 58.9 Å². The highest BCUT2D eigenvalue weighted by molar-refractivity contribution is 7.81. The number of nitrogens with zero attached hydrogens (tertiary/aromatic N) is 1. The van der Waals surface area contributed by atoms with E-state index < -0.39 is 0 Å². The zero-order valence-corrected chi connectivity index (χ0v) is 14.4. The fourth-order valence-electron chi connectivity index (χ4n) is 3.07. The van der Waals surface area contributed by atoms with E-state index in [9.17, 15) is 0 Å². The van der Waals surface area contributed by atoms with Gasteiger partial charge in [0.25, 0.3) is 0 Å². The summed E-state index contributed by atoms with van der Waals surface area (Å²) in [6.07, 6.45) is 1.11. The quantitative estimate of drug-likeness (QED) is 0.667. The first-order valence-electron chi connectivity index (χ1n) is 7.86. The topological polar surface area (TPSA) is 24.4 Å². The van der Waals surface area contributed by atoms with Gasteiger partial charge in [-0.1, -0.05) is 42.5 Å². The monoisotopic (exact) mass is 338 g/mol. The fraction of sp³-hybridized carbons (Fsp3) is 0.211. The lowest BCUT2D eigenvalue weighted by molar-refractivity contribution is 0.742. The van der Waals surface area contributed by atoms with Crippen LogP contribution in [0.5, 0.6) is 0 Å². The molecule has 0 saturated carbocycles. The van der Waals surface area contributed by atoms with Gasteiger partial charge in [0.05, 0.1) is 5.25 Å². The zero-order chi connectivity index (χ0) is 15.6. The van der Waals surface area contributed by atoms with Crippen molar-refractivity contribution in [2.75, 3.05) is 13.1 Å². The van der Waals surface area contributed by atoms with Crippen molar-refractivity contribution in [3.05, 3.63) is 69.9 Å². The van der Waals surface area contributed by atoms with E-state index in [1.165, 1.54) is 26.8 Å². The molecule has 4 rings (SSSR count). The molecule has 4 heteroatoms. The highest BCUT2D eigenvalue weighted by Crippen LogP contribution is 2.38. The van der Waals surface area contributed by atoms with Gasteiger partial charge in [-0.25, -0.2) is 0 Å². The van der Waals surface area contributed by atoms with E-state index in [1.54, 1.807) is 11.3 Å². The third kappa shape index (κ3) is 2.77. The second-order valence-corrected chi connectivity index (χ2v) is 7.14. The minimum absolute atomic E-state index is 0.0579. The smallest absolute Gasteiger partial charge is 0.129 e. The van der Waals surface area contributed by atoms with Gasteiger partial charge in [0, 0.05) is 23.5 Å². The van der Waals surface area contributed by atoms with E-state index in [1.807, 2.05) is 0 Å². The van der Waals surface area contributed by atoms with Gasteiger partial charge in [-0.2, -0.15) is 12.6 Å². The number of thiophene rings is 1. The largest absolute Gasteiger partial charge is 0.370 e. The van der Waals surface area contributed by atoms with Crippen molar-refractivity contribution in [2.45, 2.75) is 11.7 Å². The van der Waals surface area contributed by atoms with Crippen LogP contribution in [0.1, 0.15) is 27.7 Å². The van der Waals surface area contributed by atoms with Gasteiger partial charge < -0.3 is 5.32 Å². The lowest BCUT2D eigenvalue weighted by atomic mass is 9.99. The third-order valence-electron chi connectivity index (χ3n) is 4.21. The van der Waals surface area contributed by atoms with Crippen molar-refractivity contribution < 1.29 is 0 Å². The average molecular weight is 339 g/mol. The Morgan fingerprint density at radius 2 is 1.96 bits per heavy atom. The summed E-state index contributed by atoms with van der Waals surface area (Å²) in [4.78, 5) is 5.91. The van der Waals surface area contributed by atoms with Crippen molar-refractivity contribution in [3.8, 4) is 0 Å². The van der Waals surface area contributed by atoms with Crippen molar-refractivity contribution >= 4 is 40.6 Å². The maximum absolute atomic E-state index is 4.97. The first kappa shape index (κ1) is 14.8. The van der Waals surface area contributed by atoms with E-state index in [0.717, 1.165) is 25.3 Å². The van der Waals surface area contributed by atoms with Crippen LogP contribution in [0.3, 0.4) is 0 Å². The second-order valence-electron chi connectivity index (χ2n) is 5.68. The first-order chi connectivity index (χ1) is 11.3. The van der Waals surface area contributed by atoms with Crippen LogP contribution in [0, 0.1) is 0 Å². The molecule has 0 spiro atoms. The Morgan fingerprint density at radius 1 is 1.09 bits per heavy atom. The van der Waals surface area contributed by atoms with Gasteiger partial charge in [0.15, 0.2) is 0 Å². The minimum Gasteiger partial charge on any atom is -0.370 e. The Hall–Kier alpha value is -1.78. The molecule has 23 heavy (non-hydrogen) atoms. The number of thiol groups is 1. The number of hydrogen-bond acceptors (Lipinski definition) is 4. The van der Waals surface area contributed by atoms with Gasteiger partial charge in [0.2, 0.25) is 0 Å². The highest BCUT2D eigenvalue weighted by atomic mass is 32.1. The van der Waals surface area contributed by atoms with Gasteiger partial charge in [-0.3, -0.25) is 4.99 Å². The number of aliphatic imine (C=N–C) groups is 1. The van der Waals surface area contributed by atoms with Crippen LogP contribution in [-0.4, -0.2) is 18.9 Å². The number of benzene rings is 2. The fourth-order valence-corrected chi connectivity index (χ4v) is 4.52. The maximum atomic E-state index is 4.97. The number of fused-ring (bicyclic) bond motifs is 1. The normalized spacial score (nSPS) is 16.0. The van der Waals surface area contributed by atoms with E-state index in [4.69, 9.17) is 12.6 Å². The highest BCUT2D eigenvalue weighted by Gasteiger charge is 2.20. The summed E-state index contributed by atoms with van der Waals surface area (Å²) < 4.78 is 0. The summed E-state index contributed by atoms with van der Waals surface area (Å²) in [5.74, 6) is 1.02. The maximum Gasteiger partial charge on any atom is 0.129 e. The molecule has 2 aromatic carbocycles. The predicted molar refractivity (Wildman–Crippen MR) is 103 cm³/mol. The minimum atomic E-state index is 0.0579. The lowest BCUT2D eigenvalue weighted by Gasteiger charge is -2.18. The van der Waals surface area contributed by atoms with Crippen LogP contribution in [0.2, 0.25) is 0 Å². The molecule has 0 amide bonds. The molecule has 2 nitrogen and oxygen atoms in total. The molecule has 1 unspecified atom stereocenters. The molecular weight excluding hydrogens is 320 g/mol. The molecule has 3 aromatic rings. The van der Waals surface area contributed by atoms with E-state index in [0.29, 0.717) is 0 Å². The molecule has 0 bridgehead atoms. The Morgan fingerprint density at radius 3 is 2.83 bits per heavy atom. The van der Waals surface area contributed by atoms with Crippen molar-refractivity contribution in [2.24, 2.45) is 4.99 Å². The molecule has 2 heterocycles. The lowest BCUT2D eigenvalue weighted by Crippen LogP contribution is -2.30. The second kappa shape index (κ2) is 6.38. The summed E-state index contributed by atoms with van der Waals surface area (Å²) in [6.45, 7) is 1.91. The van der Waals surface area contributed by atoms with Crippen LogP contribution < -0.4 is 5.32 Å². The van der Waals surface area contributed by atoms with Crippen LogP contribution in [-0.2, 0) is 0 Å². The first-order valence-corrected chi connectivity index (χ1v) is 9.26. The zero-order valence-electron chi connectivity index (χ0n) is 12.7. The summed E-state index contributed by atoms with van der Waals surface area (Å²) in [7, 11) is 0. The molecule has 0 aliphatic carbocycles.